The molecule has 18 heavy (non-hydrogen) atoms. The van der Waals surface area contributed by atoms with Gasteiger partial charge in [-0.05, 0) is 24.6 Å². The van der Waals surface area contributed by atoms with Crippen LogP contribution in [0.25, 0.3) is 11.1 Å². The minimum Gasteiger partial charge on any atom is -0.480 e. The van der Waals surface area contributed by atoms with Gasteiger partial charge in [-0.1, -0.05) is 12.1 Å². The van der Waals surface area contributed by atoms with Crippen LogP contribution in [0.3, 0.4) is 0 Å². The third-order valence-corrected chi connectivity index (χ3v) is 2.68. The molecule has 4 heteroatoms. The van der Waals surface area contributed by atoms with Crippen molar-refractivity contribution in [1.82, 2.24) is 4.98 Å². The van der Waals surface area contributed by atoms with Crippen LogP contribution in [0.5, 0.6) is 5.88 Å². The highest BCUT2D eigenvalue weighted by molar-refractivity contribution is 5.90. The molecule has 0 fully saturated rings. The van der Waals surface area contributed by atoms with E-state index in [-0.39, 0.29) is 17.3 Å². The molecule has 1 heterocycles. The average Bonchev–Trinajstić information content (AvgIpc) is 2.37. The molecule has 0 aliphatic heterocycles. The Morgan fingerprint density at radius 2 is 2.06 bits per heavy atom. The van der Waals surface area contributed by atoms with Crippen LogP contribution < -0.4 is 4.74 Å². The summed E-state index contributed by atoms with van der Waals surface area (Å²) >= 11 is 0. The molecule has 3 nitrogen and oxygen atoms in total. The van der Waals surface area contributed by atoms with E-state index in [1.165, 1.54) is 19.4 Å². The topological polar surface area (TPSA) is 39.2 Å². The molecule has 0 bridgehead atoms. The summed E-state index contributed by atoms with van der Waals surface area (Å²) in [4.78, 5) is 15.0. The molecular weight excluding hydrogens is 233 g/mol. The van der Waals surface area contributed by atoms with Crippen molar-refractivity contribution in [3.63, 3.8) is 0 Å². The number of hydrogen-bond acceptors (Lipinski definition) is 3. The second-order valence-corrected chi connectivity index (χ2v) is 3.88. The predicted octanol–water partition coefficient (Wildman–Crippen LogP) is 3.02. The number of nitrogens with zero attached hydrogens (tertiary/aromatic N) is 1. The molecule has 2 aromatic rings. The summed E-state index contributed by atoms with van der Waals surface area (Å²) in [6, 6.07) is 6.46. The Morgan fingerprint density at radius 3 is 2.67 bits per heavy atom. The lowest BCUT2D eigenvalue weighted by molar-refractivity contribution is 0.112. The lowest BCUT2D eigenvalue weighted by atomic mass is 10.0. The molecule has 0 atom stereocenters. The van der Waals surface area contributed by atoms with Gasteiger partial charge in [0.2, 0.25) is 5.88 Å². The Balaban J connectivity index is 2.67. The Hall–Kier alpha value is -2.23. The molecular formula is C14H12FNO2. The van der Waals surface area contributed by atoms with Crippen molar-refractivity contribution in [3.8, 4) is 17.0 Å². The van der Waals surface area contributed by atoms with Crippen molar-refractivity contribution >= 4 is 6.29 Å². The zero-order valence-electron chi connectivity index (χ0n) is 10.1. The molecule has 2 rings (SSSR count). The molecule has 0 spiro atoms. The number of benzene rings is 1. The second-order valence-electron chi connectivity index (χ2n) is 3.88. The first-order chi connectivity index (χ1) is 8.67. The average molecular weight is 245 g/mol. The summed E-state index contributed by atoms with van der Waals surface area (Å²) in [6.45, 7) is 1.81. The van der Waals surface area contributed by atoms with Gasteiger partial charge in [0.1, 0.15) is 5.82 Å². The van der Waals surface area contributed by atoms with Crippen molar-refractivity contribution in [1.29, 1.82) is 0 Å². The van der Waals surface area contributed by atoms with Crippen molar-refractivity contribution in [2.75, 3.05) is 7.11 Å². The second kappa shape index (κ2) is 4.96. The van der Waals surface area contributed by atoms with Crippen molar-refractivity contribution in [3.05, 3.63) is 47.4 Å². The third kappa shape index (κ3) is 2.09. The minimum atomic E-state index is -0.369. The Bertz CT molecular complexity index is 596. The summed E-state index contributed by atoms with van der Waals surface area (Å²) in [6.07, 6.45) is 2.11. The van der Waals surface area contributed by atoms with E-state index >= 15 is 0 Å². The third-order valence-electron chi connectivity index (χ3n) is 2.68. The maximum absolute atomic E-state index is 13.9. The van der Waals surface area contributed by atoms with Crippen molar-refractivity contribution < 1.29 is 13.9 Å². The fourth-order valence-electron chi connectivity index (χ4n) is 1.80. The maximum atomic E-state index is 13.9. The van der Waals surface area contributed by atoms with Gasteiger partial charge in [-0.2, -0.15) is 0 Å². The van der Waals surface area contributed by atoms with E-state index in [9.17, 15) is 9.18 Å². The summed E-state index contributed by atoms with van der Waals surface area (Å²) < 4.78 is 18.9. The number of aldehydes is 1. The SMILES string of the molecule is COc1nccc(-c2ccc(C)cc2F)c1C=O. The number of ether oxygens (including phenoxy) is 1. The summed E-state index contributed by atoms with van der Waals surface area (Å²) in [5, 5.41) is 0. The minimum absolute atomic E-state index is 0.197. The van der Waals surface area contributed by atoms with Gasteiger partial charge < -0.3 is 4.74 Å². The van der Waals surface area contributed by atoms with Crippen LogP contribution in [0.15, 0.2) is 30.5 Å². The lowest BCUT2D eigenvalue weighted by Crippen LogP contribution is -1.98. The highest BCUT2D eigenvalue weighted by Gasteiger charge is 2.14. The predicted molar refractivity (Wildman–Crippen MR) is 66.3 cm³/mol. The zero-order chi connectivity index (χ0) is 13.1. The lowest BCUT2D eigenvalue weighted by Gasteiger charge is -2.09. The van der Waals surface area contributed by atoms with Gasteiger partial charge in [0, 0.05) is 17.3 Å². The molecule has 92 valence electrons. The molecule has 0 aliphatic carbocycles. The monoisotopic (exact) mass is 245 g/mol. The van der Waals surface area contributed by atoms with Crippen LogP contribution >= 0.6 is 0 Å². The number of pyridine rings is 1. The van der Waals surface area contributed by atoms with Crippen LogP contribution in [-0.2, 0) is 0 Å². The zero-order valence-corrected chi connectivity index (χ0v) is 10.1. The molecule has 0 amide bonds. The number of carbonyl (C=O) groups excluding carboxylic acids is 1. The number of hydrogen-bond donors (Lipinski definition) is 0. The van der Waals surface area contributed by atoms with Gasteiger partial charge in [0.15, 0.2) is 6.29 Å². The number of halogens is 1. The number of aromatic nitrogens is 1. The fraction of sp³-hybridized carbons (Fsp3) is 0.143. The number of carbonyl (C=O) groups is 1. The van der Waals surface area contributed by atoms with Crippen molar-refractivity contribution in [2.45, 2.75) is 6.92 Å². The highest BCUT2D eigenvalue weighted by Crippen LogP contribution is 2.29. The van der Waals surface area contributed by atoms with E-state index in [4.69, 9.17) is 4.74 Å². The van der Waals surface area contributed by atoms with Gasteiger partial charge in [0.05, 0.1) is 12.7 Å². The molecule has 0 aliphatic rings. The molecule has 1 aromatic carbocycles. The number of aryl methyl sites for hydroxylation is 1. The molecule has 0 saturated heterocycles. The van der Waals surface area contributed by atoms with E-state index in [1.54, 1.807) is 25.1 Å². The molecule has 0 radical (unpaired) electrons. The quantitative estimate of drug-likeness (QED) is 0.780. The van der Waals surface area contributed by atoms with E-state index in [2.05, 4.69) is 4.98 Å². The van der Waals surface area contributed by atoms with Crippen LogP contribution in [0, 0.1) is 12.7 Å². The maximum Gasteiger partial charge on any atom is 0.224 e. The Labute approximate surface area is 104 Å². The highest BCUT2D eigenvalue weighted by atomic mass is 19.1. The molecule has 1 aromatic heterocycles. The van der Waals surface area contributed by atoms with E-state index in [0.717, 1.165) is 5.56 Å². The van der Waals surface area contributed by atoms with Crippen LogP contribution in [0.4, 0.5) is 4.39 Å². The van der Waals surface area contributed by atoms with Crippen molar-refractivity contribution in [2.24, 2.45) is 0 Å². The van der Waals surface area contributed by atoms with Gasteiger partial charge in [0.25, 0.3) is 0 Å². The first-order valence-corrected chi connectivity index (χ1v) is 5.42. The van der Waals surface area contributed by atoms with E-state index < -0.39 is 0 Å². The smallest absolute Gasteiger partial charge is 0.224 e. The Kier molecular flexibility index (Phi) is 3.37. The normalized spacial score (nSPS) is 10.2. The summed E-state index contributed by atoms with van der Waals surface area (Å²) in [5.41, 5.74) is 1.92. The first-order valence-electron chi connectivity index (χ1n) is 5.42. The standard InChI is InChI=1S/C14H12FNO2/c1-9-3-4-11(13(15)7-9)10-5-6-16-14(18-2)12(10)8-17/h3-8H,1-2H3. The van der Waals surface area contributed by atoms with Crippen LogP contribution in [0.1, 0.15) is 15.9 Å². The van der Waals surface area contributed by atoms with E-state index in [1.807, 2.05) is 0 Å². The first kappa shape index (κ1) is 12.2. The summed E-state index contributed by atoms with van der Waals surface area (Å²) in [5.74, 6) is -0.172. The fourth-order valence-corrected chi connectivity index (χ4v) is 1.80. The molecule has 0 unspecified atom stereocenters. The summed E-state index contributed by atoms with van der Waals surface area (Å²) in [7, 11) is 1.42. The number of rotatable bonds is 3. The largest absolute Gasteiger partial charge is 0.480 e. The molecule has 0 saturated carbocycles. The molecule has 0 N–H and O–H groups in total. The van der Waals surface area contributed by atoms with Gasteiger partial charge in [-0.15, -0.1) is 0 Å². The number of methoxy groups -OCH3 is 1. The van der Waals surface area contributed by atoms with Gasteiger partial charge in [-0.3, -0.25) is 4.79 Å². The van der Waals surface area contributed by atoms with Crippen LogP contribution in [-0.4, -0.2) is 18.4 Å². The van der Waals surface area contributed by atoms with Crippen LogP contribution in [0.2, 0.25) is 0 Å². The van der Waals surface area contributed by atoms with Gasteiger partial charge in [-0.25, -0.2) is 9.37 Å². The van der Waals surface area contributed by atoms with Gasteiger partial charge >= 0.3 is 0 Å². The Morgan fingerprint density at radius 1 is 1.28 bits per heavy atom. The van der Waals surface area contributed by atoms with E-state index in [0.29, 0.717) is 17.4 Å².